The number of fused-ring (bicyclic) bond motifs is 1. The third kappa shape index (κ3) is 3.87. The van der Waals surface area contributed by atoms with Gasteiger partial charge in [-0.3, -0.25) is 14.4 Å². The van der Waals surface area contributed by atoms with E-state index in [0.717, 1.165) is 16.0 Å². The van der Waals surface area contributed by atoms with Gasteiger partial charge in [0.15, 0.2) is 11.5 Å². The summed E-state index contributed by atoms with van der Waals surface area (Å²) in [5.74, 6) is -0.645. The fourth-order valence-electron chi connectivity index (χ4n) is 4.25. The molecule has 7 nitrogen and oxygen atoms in total. The first-order chi connectivity index (χ1) is 16.4. The SMILES string of the molecule is Cc1ccccc1C(=O)N(Cc1ccc2c(c1)OCO2)C1CC(=O)N(c2ccc(F)cc2)C1=O. The lowest BCUT2D eigenvalue weighted by Gasteiger charge is -2.28. The van der Waals surface area contributed by atoms with Crippen LogP contribution in [0.5, 0.6) is 11.5 Å². The standard InChI is InChI=1S/C26H21FN2O5/c1-16-4-2-3-5-20(16)25(31)28(14-17-6-11-22-23(12-17)34-15-33-22)21-13-24(30)29(26(21)32)19-9-7-18(27)8-10-19/h2-12,21H,13-15H2,1H3. The van der Waals surface area contributed by atoms with Crippen molar-refractivity contribution in [2.45, 2.75) is 25.9 Å². The predicted molar refractivity (Wildman–Crippen MR) is 121 cm³/mol. The maximum Gasteiger partial charge on any atom is 0.257 e. The summed E-state index contributed by atoms with van der Waals surface area (Å²) in [5, 5.41) is 0. The highest BCUT2D eigenvalue weighted by molar-refractivity contribution is 6.23. The number of benzene rings is 3. The van der Waals surface area contributed by atoms with Crippen LogP contribution in [-0.2, 0) is 16.1 Å². The van der Waals surface area contributed by atoms with Gasteiger partial charge in [-0.2, -0.15) is 0 Å². The molecule has 3 aromatic rings. The summed E-state index contributed by atoms with van der Waals surface area (Å²) < 4.78 is 24.2. The third-order valence-corrected chi connectivity index (χ3v) is 6.01. The normalized spacial score (nSPS) is 16.8. The summed E-state index contributed by atoms with van der Waals surface area (Å²) in [7, 11) is 0. The minimum atomic E-state index is -1.00. The Bertz CT molecular complexity index is 1290. The maximum atomic E-state index is 13.7. The van der Waals surface area contributed by atoms with Crippen LogP contribution in [-0.4, -0.2) is 35.5 Å². The summed E-state index contributed by atoms with van der Waals surface area (Å²) in [6.45, 7) is 2.02. The van der Waals surface area contributed by atoms with Crippen molar-refractivity contribution in [3.63, 3.8) is 0 Å². The van der Waals surface area contributed by atoms with Crippen LogP contribution in [0.3, 0.4) is 0 Å². The van der Waals surface area contributed by atoms with E-state index in [1.807, 2.05) is 19.1 Å². The molecule has 1 fully saturated rings. The third-order valence-electron chi connectivity index (χ3n) is 6.01. The summed E-state index contributed by atoms with van der Waals surface area (Å²) in [4.78, 5) is 42.4. The van der Waals surface area contributed by atoms with Crippen LogP contribution in [0.2, 0.25) is 0 Å². The van der Waals surface area contributed by atoms with Crippen molar-refractivity contribution in [2.75, 3.05) is 11.7 Å². The minimum Gasteiger partial charge on any atom is -0.454 e. The van der Waals surface area contributed by atoms with Gasteiger partial charge in [-0.15, -0.1) is 0 Å². The molecule has 1 unspecified atom stereocenters. The van der Waals surface area contributed by atoms with Crippen molar-refractivity contribution in [3.05, 3.63) is 89.2 Å². The Kier molecular flexibility index (Phi) is 5.49. The van der Waals surface area contributed by atoms with Crippen molar-refractivity contribution in [3.8, 4) is 11.5 Å². The second kappa shape index (κ2) is 8.62. The first-order valence-corrected chi connectivity index (χ1v) is 10.8. The number of nitrogens with zero attached hydrogens (tertiary/aromatic N) is 2. The molecule has 2 aliphatic heterocycles. The zero-order valence-corrected chi connectivity index (χ0v) is 18.4. The molecular formula is C26H21FN2O5. The highest BCUT2D eigenvalue weighted by Gasteiger charge is 2.44. The van der Waals surface area contributed by atoms with Crippen LogP contribution < -0.4 is 14.4 Å². The summed E-state index contributed by atoms with van der Waals surface area (Å²) in [6.07, 6.45) is -0.168. The zero-order chi connectivity index (χ0) is 23.8. The molecule has 1 atom stereocenters. The number of carbonyl (C=O) groups is 3. The number of rotatable bonds is 5. The Labute approximate surface area is 195 Å². The van der Waals surface area contributed by atoms with E-state index in [-0.39, 0.29) is 31.4 Å². The fourth-order valence-corrected chi connectivity index (χ4v) is 4.25. The van der Waals surface area contributed by atoms with E-state index >= 15 is 0 Å². The van der Waals surface area contributed by atoms with Crippen LogP contribution in [0, 0.1) is 12.7 Å². The summed E-state index contributed by atoms with van der Waals surface area (Å²) >= 11 is 0. The van der Waals surface area contributed by atoms with Crippen LogP contribution >= 0.6 is 0 Å². The number of anilines is 1. The molecule has 0 aliphatic carbocycles. The van der Waals surface area contributed by atoms with Gasteiger partial charge in [0, 0.05) is 12.1 Å². The van der Waals surface area contributed by atoms with Crippen molar-refractivity contribution in [1.29, 1.82) is 0 Å². The van der Waals surface area contributed by atoms with Gasteiger partial charge in [0.2, 0.25) is 12.7 Å². The largest absolute Gasteiger partial charge is 0.454 e. The van der Waals surface area contributed by atoms with E-state index in [4.69, 9.17) is 9.47 Å². The average Bonchev–Trinajstić information content (AvgIpc) is 3.41. The van der Waals surface area contributed by atoms with Crippen LogP contribution in [0.4, 0.5) is 10.1 Å². The molecule has 5 rings (SSSR count). The Morgan fingerprint density at radius 2 is 1.76 bits per heavy atom. The molecule has 3 aromatic carbocycles. The second-order valence-electron chi connectivity index (χ2n) is 8.20. The highest BCUT2D eigenvalue weighted by atomic mass is 19.1. The molecule has 172 valence electrons. The van der Waals surface area contributed by atoms with Gasteiger partial charge < -0.3 is 14.4 Å². The molecule has 0 spiro atoms. The van der Waals surface area contributed by atoms with Gasteiger partial charge in [0.1, 0.15) is 11.9 Å². The van der Waals surface area contributed by atoms with E-state index < -0.39 is 23.7 Å². The molecule has 2 aliphatic rings. The predicted octanol–water partition coefficient (Wildman–Crippen LogP) is 3.84. The molecule has 3 amide bonds. The zero-order valence-electron chi connectivity index (χ0n) is 18.4. The van der Waals surface area contributed by atoms with Gasteiger partial charge in [0.25, 0.3) is 11.8 Å². The van der Waals surface area contributed by atoms with Crippen LogP contribution in [0.1, 0.15) is 27.9 Å². The van der Waals surface area contributed by atoms with Gasteiger partial charge in [0.05, 0.1) is 12.1 Å². The van der Waals surface area contributed by atoms with Gasteiger partial charge in [-0.05, 0) is 60.5 Å². The molecule has 0 radical (unpaired) electrons. The lowest BCUT2D eigenvalue weighted by Crippen LogP contribution is -2.45. The number of hydrogen-bond acceptors (Lipinski definition) is 5. The molecule has 0 N–H and O–H groups in total. The van der Waals surface area contributed by atoms with E-state index in [0.29, 0.717) is 17.1 Å². The molecule has 0 saturated carbocycles. The Morgan fingerprint density at radius 1 is 1.03 bits per heavy atom. The number of amides is 3. The summed E-state index contributed by atoms with van der Waals surface area (Å²) in [6, 6.07) is 16.5. The Balaban J connectivity index is 1.50. The average molecular weight is 460 g/mol. The number of ether oxygens (including phenoxy) is 2. The summed E-state index contributed by atoms with van der Waals surface area (Å²) in [5.41, 5.74) is 2.20. The molecule has 0 aromatic heterocycles. The van der Waals surface area contributed by atoms with Crippen molar-refractivity contribution >= 4 is 23.4 Å². The molecular weight excluding hydrogens is 439 g/mol. The number of halogens is 1. The quantitative estimate of drug-likeness (QED) is 0.541. The highest BCUT2D eigenvalue weighted by Crippen LogP contribution is 2.34. The molecule has 0 bridgehead atoms. The van der Waals surface area contributed by atoms with Gasteiger partial charge in [-0.1, -0.05) is 24.3 Å². The van der Waals surface area contributed by atoms with Crippen molar-refractivity contribution in [2.24, 2.45) is 0 Å². The Hall–Kier alpha value is -4.20. The maximum absolute atomic E-state index is 13.7. The molecule has 34 heavy (non-hydrogen) atoms. The molecule has 8 heteroatoms. The molecule has 1 saturated heterocycles. The second-order valence-corrected chi connectivity index (χ2v) is 8.20. The van der Waals surface area contributed by atoms with E-state index in [1.54, 1.807) is 30.3 Å². The minimum absolute atomic E-state index is 0.0880. The lowest BCUT2D eigenvalue weighted by molar-refractivity contribution is -0.122. The number of imide groups is 1. The smallest absolute Gasteiger partial charge is 0.257 e. The van der Waals surface area contributed by atoms with Crippen LogP contribution in [0.25, 0.3) is 0 Å². The number of carbonyl (C=O) groups excluding carboxylic acids is 3. The lowest BCUT2D eigenvalue weighted by atomic mass is 10.0. The topological polar surface area (TPSA) is 76.2 Å². The van der Waals surface area contributed by atoms with Crippen LogP contribution in [0.15, 0.2) is 66.7 Å². The fraction of sp³-hybridized carbons (Fsp3) is 0.192. The van der Waals surface area contributed by atoms with Crippen molar-refractivity contribution in [1.82, 2.24) is 4.90 Å². The monoisotopic (exact) mass is 460 g/mol. The number of aryl methyl sites for hydroxylation is 1. The Morgan fingerprint density at radius 3 is 2.53 bits per heavy atom. The number of hydrogen-bond donors (Lipinski definition) is 0. The van der Waals surface area contributed by atoms with Gasteiger partial charge >= 0.3 is 0 Å². The first kappa shape index (κ1) is 21.6. The first-order valence-electron chi connectivity index (χ1n) is 10.8. The van der Waals surface area contributed by atoms with Gasteiger partial charge in [-0.25, -0.2) is 9.29 Å². The van der Waals surface area contributed by atoms with E-state index in [9.17, 15) is 18.8 Å². The van der Waals surface area contributed by atoms with E-state index in [2.05, 4.69) is 0 Å². The van der Waals surface area contributed by atoms with E-state index in [1.165, 1.54) is 29.2 Å². The van der Waals surface area contributed by atoms with Crippen molar-refractivity contribution < 1.29 is 28.2 Å². The molecule has 2 heterocycles.